The van der Waals surface area contributed by atoms with Crippen molar-refractivity contribution in [2.75, 3.05) is 40.1 Å². The smallest absolute Gasteiger partial charge is 0.432 e. The number of aliphatic hydroxyl groups is 5. The monoisotopic (exact) mass is 441 g/mol. The van der Waals surface area contributed by atoms with Crippen LogP contribution < -0.4 is 0 Å². The van der Waals surface area contributed by atoms with Crippen LogP contribution in [0.5, 0.6) is 0 Å². The number of amides is 1. The number of ether oxygens (including phenoxy) is 5. The van der Waals surface area contributed by atoms with Gasteiger partial charge in [0.15, 0.2) is 6.29 Å². The Labute approximate surface area is 173 Å². The molecule has 30 heavy (non-hydrogen) atoms. The largest absolute Gasteiger partial charge is 0.512 e. The third kappa shape index (κ3) is 7.59. The maximum Gasteiger partial charge on any atom is 0.512 e. The molecule has 13 nitrogen and oxygen atoms in total. The van der Waals surface area contributed by atoms with Gasteiger partial charge in [-0.2, -0.15) is 0 Å². The molecule has 5 N–H and O–H groups in total. The third-order valence-corrected chi connectivity index (χ3v) is 4.26. The van der Waals surface area contributed by atoms with E-state index in [0.717, 1.165) is 0 Å². The molecule has 0 aromatic heterocycles. The lowest BCUT2D eigenvalue weighted by Crippen LogP contribution is -2.67. The summed E-state index contributed by atoms with van der Waals surface area (Å²) in [6.07, 6.45) is -10.0. The van der Waals surface area contributed by atoms with Crippen molar-refractivity contribution < 1.29 is 58.8 Å². The molecule has 0 bridgehead atoms. The molecule has 1 rings (SSSR count). The predicted octanol–water partition coefficient (Wildman–Crippen LogP) is -2.49. The zero-order valence-electron chi connectivity index (χ0n) is 17.0. The summed E-state index contributed by atoms with van der Waals surface area (Å²) in [4.78, 5) is 24.7. The first kappa shape index (κ1) is 26.5. The fourth-order valence-corrected chi connectivity index (χ4v) is 2.77. The van der Waals surface area contributed by atoms with Gasteiger partial charge in [0.2, 0.25) is 5.91 Å². The normalized spacial score (nSPS) is 27.4. The number of carbonyl (C=O) groups is 2. The maximum atomic E-state index is 12.5. The van der Waals surface area contributed by atoms with Gasteiger partial charge in [0.25, 0.3) is 6.41 Å². The van der Waals surface area contributed by atoms with Crippen molar-refractivity contribution in [2.24, 2.45) is 0 Å². The van der Waals surface area contributed by atoms with Crippen LogP contribution in [0.1, 0.15) is 19.8 Å². The first-order chi connectivity index (χ1) is 14.3. The molecule has 176 valence electrons. The van der Waals surface area contributed by atoms with Crippen LogP contribution in [0.2, 0.25) is 0 Å². The minimum absolute atomic E-state index is 0.0374. The molecule has 0 spiro atoms. The second kappa shape index (κ2) is 13.7. The van der Waals surface area contributed by atoms with E-state index < -0.39 is 55.7 Å². The highest BCUT2D eigenvalue weighted by Gasteiger charge is 2.50. The Morgan fingerprint density at radius 3 is 2.37 bits per heavy atom. The molecule has 1 fully saturated rings. The van der Waals surface area contributed by atoms with E-state index in [1.807, 2.05) is 0 Å². The third-order valence-electron chi connectivity index (χ3n) is 4.26. The van der Waals surface area contributed by atoms with E-state index in [4.69, 9.17) is 24.1 Å². The number of carbonyl (C=O) groups excluding carboxylic acids is 2. The van der Waals surface area contributed by atoms with Crippen LogP contribution >= 0.6 is 0 Å². The van der Waals surface area contributed by atoms with Gasteiger partial charge < -0.3 is 49.2 Å². The van der Waals surface area contributed by atoms with Crippen molar-refractivity contribution in [1.29, 1.82) is 0 Å². The van der Waals surface area contributed by atoms with E-state index in [0.29, 0.717) is 17.9 Å². The zero-order chi connectivity index (χ0) is 22.7. The van der Waals surface area contributed by atoms with Crippen LogP contribution in [-0.4, -0.2) is 120 Å². The van der Waals surface area contributed by atoms with E-state index in [2.05, 4.69) is 4.74 Å². The molecule has 1 heterocycles. The van der Waals surface area contributed by atoms with Crippen LogP contribution in [0.4, 0.5) is 4.79 Å². The van der Waals surface area contributed by atoms with Gasteiger partial charge in [-0.05, 0) is 6.42 Å². The number of aliphatic hydroxyl groups excluding tert-OH is 5. The quantitative estimate of drug-likeness (QED) is 0.122. The highest BCUT2D eigenvalue weighted by molar-refractivity contribution is 5.77. The van der Waals surface area contributed by atoms with E-state index in [9.17, 15) is 30.0 Å². The minimum atomic E-state index is -2.25. The highest BCUT2D eigenvalue weighted by Crippen LogP contribution is 2.26. The van der Waals surface area contributed by atoms with Gasteiger partial charge in [0, 0.05) is 13.5 Å². The Kier molecular flexibility index (Phi) is 12.1. The molecule has 6 atom stereocenters. The number of hydrogen-bond acceptors (Lipinski definition) is 12. The molecule has 2 unspecified atom stereocenters. The molecule has 0 aromatic rings. The number of rotatable bonds is 12. The number of methoxy groups -OCH3 is 1. The number of hydrogen-bond donors (Lipinski definition) is 5. The molecule has 13 heteroatoms. The molecule has 1 amide bonds. The lowest BCUT2D eigenvalue weighted by atomic mass is 9.95. The van der Waals surface area contributed by atoms with Gasteiger partial charge in [-0.25, -0.2) is 4.79 Å². The zero-order valence-corrected chi connectivity index (χ0v) is 17.0. The van der Waals surface area contributed by atoms with Crippen LogP contribution in [0.3, 0.4) is 0 Å². The first-order valence-electron chi connectivity index (χ1n) is 9.48. The Morgan fingerprint density at radius 2 is 1.77 bits per heavy atom. The summed E-state index contributed by atoms with van der Waals surface area (Å²) < 4.78 is 24.2. The predicted molar refractivity (Wildman–Crippen MR) is 96.7 cm³/mol. The molecule has 1 saturated heterocycles. The summed E-state index contributed by atoms with van der Waals surface area (Å²) in [7, 11) is 1.50. The fraction of sp³-hybridized carbons (Fsp3) is 0.882. The molecule has 1 aliphatic heterocycles. The van der Waals surface area contributed by atoms with Gasteiger partial charge >= 0.3 is 6.16 Å². The van der Waals surface area contributed by atoms with Gasteiger partial charge in [-0.15, -0.1) is 0 Å². The molecule has 0 aliphatic carbocycles. The van der Waals surface area contributed by atoms with Crippen molar-refractivity contribution >= 4 is 12.1 Å². The molecule has 0 aromatic carbocycles. The van der Waals surface area contributed by atoms with Gasteiger partial charge in [-0.3, -0.25) is 9.69 Å². The summed E-state index contributed by atoms with van der Waals surface area (Å²) in [5.74, 6) is -0.790. The van der Waals surface area contributed by atoms with E-state index in [1.165, 1.54) is 7.11 Å². The van der Waals surface area contributed by atoms with Gasteiger partial charge in [0.1, 0.15) is 31.0 Å². The molecular formula is C17H31NO12. The topological polar surface area (TPSA) is 185 Å². The molecule has 0 saturated carbocycles. The summed E-state index contributed by atoms with van der Waals surface area (Å²) in [5.41, 5.74) is 0. The van der Waals surface area contributed by atoms with E-state index >= 15 is 0 Å². The second-order valence-corrected chi connectivity index (χ2v) is 6.42. The average Bonchev–Trinajstić information content (AvgIpc) is 2.70. The van der Waals surface area contributed by atoms with Crippen LogP contribution in [0.25, 0.3) is 0 Å². The Morgan fingerprint density at radius 1 is 1.10 bits per heavy atom. The minimum Gasteiger partial charge on any atom is -0.432 e. The van der Waals surface area contributed by atoms with Crippen molar-refractivity contribution in [3.63, 3.8) is 0 Å². The van der Waals surface area contributed by atoms with E-state index in [1.54, 1.807) is 6.92 Å². The van der Waals surface area contributed by atoms with Crippen LogP contribution in [-0.2, 0) is 28.5 Å². The lowest BCUT2D eigenvalue weighted by Gasteiger charge is -2.45. The molecule has 0 radical (unpaired) electrons. The van der Waals surface area contributed by atoms with Crippen molar-refractivity contribution in [1.82, 2.24) is 4.90 Å². The second-order valence-electron chi connectivity index (χ2n) is 6.42. The van der Waals surface area contributed by atoms with Crippen molar-refractivity contribution in [3.8, 4) is 0 Å². The first-order valence-corrected chi connectivity index (χ1v) is 9.48. The van der Waals surface area contributed by atoms with Crippen molar-refractivity contribution in [3.05, 3.63) is 0 Å². The average molecular weight is 441 g/mol. The molecular weight excluding hydrogens is 410 g/mol. The molecule has 1 aliphatic rings. The van der Waals surface area contributed by atoms with Gasteiger partial charge in [0.05, 0.1) is 26.4 Å². The Balaban J connectivity index is 2.77. The summed E-state index contributed by atoms with van der Waals surface area (Å²) in [5, 5.41) is 49.9. The standard InChI is InChI=1S/C17H31NO12/c1-3-4-11(20)18(12-14(22)13(21)10(9-19)29-15(12)23)16(24)30-17(25)28-8-7-27-6-5-26-2/h10,12-16,19,21-24H,3-9H2,1-2H3/t10-,12-,13-,14-,15?,16?/m1/s1. The number of nitrogens with zero attached hydrogens (tertiary/aromatic N) is 1. The van der Waals surface area contributed by atoms with E-state index in [-0.39, 0.29) is 26.2 Å². The summed E-state index contributed by atoms with van der Waals surface area (Å²) in [6.45, 7) is 1.44. The highest BCUT2D eigenvalue weighted by atomic mass is 16.8. The summed E-state index contributed by atoms with van der Waals surface area (Å²) in [6, 6.07) is -1.68. The van der Waals surface area contributed by atoms with Crippen LogP contribution in [0, 0.1) is 0 Å². The fourth-order valence-electron chi connectivity index (χ4n) is 2.77. The Bertz CT molecular complexity index is 521. The summed E-state index contributed by atoms with van der Waals surface area (Å²) >= 11 is 0. The maximum absolute atomic E-state index is 12.5. The van der Waals surface area contributed by atoms with Crippen molar-refractivity contribution in [2.45, 2.75) is 56.8 Å². The Hall–Kier alpha value is -1.58. The van der Waals surface area contributed by atoms with Crippen LogP contribution in [0.15, 0.2) is 0 Å². The SMILES string of the molecule is CCCC(=O)N(C(O)OC(=O)OCCOCCOC)[C@H]1C(O)O[C@H](CO)[C@@H](O)[C@@H]1O. The van der Waals surface area contributed by atoms with Gasteiger partial charge in [-0.1, -0.05) is 6.92 Å². The lowest BCUT2D eigenvalue weighted by molar-refractivity contribution is -0.295.